The smallest absolute Gasteiger partial charge is 0.220 e. The van der Waals surface area contributed by atoms with E-state index in [1.807, 2.05) is 0 Å². The van der Waals surface area contributed by atoms with E-state index in [1.165, 1.54) is 12.8 Å². The molecule has 0 bridgehead atoms. The number of hydrogen-bond donors (Lipinski definition) is 1. The van der Waals surface area contributed by atoms with Gasteiger partial charge >= 0.3 is 0 Å². The first kappa shape index (κ1) is 10.6. The fraction of sp³-hybridized carbons (Fsp3) is 0.909. The standard InChI is InChI=1S/C11H21NO/c1-11(2,3)8-7-9-5-4-6-10(13)12-9/h9H,4-8H2,1-3H3,(H,12,13)/t9-/m0/s1. The topological polar surface area (TPSA) is 29.1 Å². The maximum Gasteiger partial charge on any atom is 0.220 e. The van der Waals surface area contributed by atoms with Crippen LogP contribution in [0.4, 0.5) is 0 Å². The predicted molar refractivity (Wildman–Crippen MR) is 54.5 cm³/mol. The van der Waals surface area contributed by atoms with E-state index in [0.717, 1.165) is 19.3 Å². The number of piperidine rings is 1. The summed E-state index contributed by atoms with van der Waals surface area (Å²) >= 11 is 0. The van der Waals surface area contributed by atoms with Crippen molar-refractivity contribution in [2.24, 2.45) is 5.41 Å². The second-order valence-electron chi connectivity index (χ2n) is 5.26. The fourth-order valence-electron chi connectivity index (χ4n) is 1.70. The zero-order valence-electron chi connectivity index (χ0n) is 9.02. The van der Waals surface area contributed by atoms with Gasteiger partial charge < -0.3 is 5.32 Å². The van der Waals surface area contributed by atoms with Gasteiger partial charge in [-0.1, -0.05) is 20.8 Å². The van der Waals surface area contributed by atoms with Crippen molar-refractivity contribution in [3.63, 3.8) is 0 Å². The Balaban J connectivity index is 2.25. The summed E-state index contributed by atoms with van der Waals surface area (Å²) in [4.78, 5) is 11.1. The molecular weight excluding hydrogens is 162 g/mol. The van der Waals surface area contributed by atoms with E-state index < -0.39 is 0 Å². The molecule has 1 aliphatic rings. The van der Waals surface area contributed by atoms with Crippen LogP contribution in [0.3, 0.4) is 0 Å². The van der Waals surface area contributed by atoms with E-state index in [2.05, 4.69) is 26.1 Å². The molecule has 1 N–H and O–H groups in total. The summed E-state index contributed by atoms with van der Waals surface area (Å²) in [5.41, 5.74) is 0.391. The third-order valence-corrected chi connectivity index (χ3v) is 2.56. The number of amides is 1. The molecule has 1 amide bonds. The van der Waals surface area contributed by atoms with Crippen molar-refractivity contribution in [1.82, 2.24) is 5.32 Å². The van der Waals surface area contributed by atoms with Crippen molar-refractivity contribution in [2.75, 3.05) is 0 Å². The number of carbonyl (C=O) groups excluding carboxylic acids is 1. The maximum atomic E-state index is 11.1. The van der Waals surface area contributed by atoms with Crippen LogP contribution in [0.1, 0.15) is 52.9 Å². The Bertz CT molecular complexity index is 181. The van der Waals surface area contributed by atoms with Crippen LogP contribution in [0.25, 0.3) is 0 Å². The van der Waals surface area contributed by atoms with Gasteiger partial charge in [-0.05, 0) is 31.1 Å². The van der Waals surface area contributed by atoms with Crippen molar-refractivity contribution in [1.29, 1.82) is 0 Å². The summed E-state index contributed by atoms with van der Waals surface area (Å²) in [6.07, 6.45) is 5.29. The molecule has 1 fully saturated rings. The van der Waals surface area contributed by atoms with E-state index in [4.69, 9.17) is 0 Å². The van der Waals surface area contributed by atoms with Crippen molar-refractivity contribution >= 4 is 5.91 Å². The maximum absolute atomic E-state index is 11.1. The lowest BCUT2D eigenvalue weighted by atomic mass is 9.87. The van der Waals surface area contributed by atoms with E-state index in [9.17, 15) is 4.79 Å². The second-order valence-corrected chi connectivity index (χ2v) is 5.26. The monoisotopic (exact) mass is 183 g/mol. The number of carbonyl (C=O) groups is 1. The summed E-state index contributed by atoms with van der Waals surface area (Å²) in [6, 6.07) is 0.445. The summed E-state index contributed by atoms with van der Waals surface area (Å²) in [6.45, 7) is 6.74. The highest BCUT2D eigenvalue weighted by atomic mass is 16.1. The Labute approximate surface area is 81.1 Å². The number of hydrogen-bond acceptors (Lipinski definition) is 1. The molecule has 1 aliphatic heterocycles. The Morgan fingerprint density at radius 2 is 2.15 bits per heavy atom. The zero-order valence-corrected chi connectivity index (χ0v) is 9.02. The molecule has 0 aromatic carbocycles. The quantitative estimate of drug-likeness (QED) is 0.700. The third kappa shape index (κ3) is 4.30. The lowest BCUT2D eigenvalue weighted by Gasteiger charge is -2.26. The molecule has 0 spiro atoms. The summed E-state index contributed by atoms with van der Waals surface area (Å²) in [5, 5.41) is 3.05. The van der Waals surface area contributed by atoms with Crippen LogP contribution in [-0.2, 0) is 4.79 Å². The molecule has 1 heterocycles. The van der Waals surface area contributed by atoms with Crippen molar-refractivity contribution in [2.45, 2.75) is 58.9 Å². The molecule has 0 aromatic heterocycles. The average molecular weight is 183 g/mol. The van der Waals surface area contributed by atoms with Crippen molar-refractivity contribution in [3.8, 4) is 0 Å². The van der Waals surface area contributed by atoms with E-state index in [-0.39, 0.29) is 5.91 Å². The fourth-order valence-corrected chi connectivity index (χ4v) is 1.70. The van der Waals surface area contributed by atoms with Gasteiger partial charge in [0, 0.05) is 12.5 Å². The van der Waals surface area contributed by atoms with E-state index in [1.54, 1.807) is 0 Å². The highest BCUT2D eigenvalue weighted by Gasteiger charge is 2.20. The van der Waals surface area contributed by atoms with Gasteiger partial charge in [0.05, 0.1) is 0 Å². The van der Waals surface area contributed by atoms with Crippen molar-refractivity contribution in [3.05, 3.63) is 0 Å². The molecule has 13 heavy (non-hydrogen) atoms. The largest absolute Gasteiger partial charge is 0.353 e. The highest BCUT2D eigenvalue weighted by molar-refractivity contribution is 5.76. The molecule has 0 unspecified atom stereocenters. The van der Waals surface area contributed by atoms with Crippen LogP contribution in [0.5, 0.6) is 0 Å². The van der Waals surface area contributed by atoms with Crippen LogP contribution in [0, 0.1) is 5.41 Å². The molecule has 0 aromatic rings. The molecule has 2 nitrogen and oxygen atoms in total. The molecule has 1 atom stereocenters. The van der Waals surface area contributed by atoms with Crippen LogP contribution in [0.15, 0.2) is 0 Å². The summed E-state index contributed by atoms with van der Waals surface area (Å²) in [7, 11) is 0. The van der Waals surface area contributed by atoms with Crippen LogP contribution >= 0.6 is 0 Å². The summed E-state index contributed by atoms with van der Waals surface area (Å²) in [5.74, 6) is 0.241. The summed E-state index contributed by atoms with van der Waals surface area (Å²) < 4.78 is 0. The first-order chi connectivity index (χ1) is 5.97. The number of rotatable bonds is 2. The molecule has 0 aliphatic carbocycles. The lowest BCUT2D eigenvalue weighted by Crippen LogP contribution is -2.39. The minimum atomic E-state index is 0.241. The molecule has 2 heteroatoms. The van der Waals surface area contributed by atoms with Gasteiger partial charge in [-0.25, -0.2) is 0 Å². The lowest BCUT2D eigenvalue weighted by molar-refractivity contribution is -0.123. The minimum Gasteiger partial charge on any atom is -0.353 e. The molecular formula is C11H21NO. The van der Waals surface area contributed by atoms with Gasteiger partial charge in [0.2, 0.25) is 5.91 Å². The molecule has 1 rings (SSSR count). The molecule has 76 valence electrons. The second kappa shape index (κ2) is 4.12. The molecule has 0 radical (unpaired) electrons. The Hall–Kier alpha value is -0.530. The first-order valence-corrected chi connectivity index (χ1v) is 5.27. The zero-order chi connectivity index (χ0) is 9.90. The molecule has 1 saturated heterocycles. The van der Waals surface area contributed by atoms with Gasteiger partial charge in [0.25, 0.3) is 0 Å². The van der Waals surface area contributed by atoms with Gasteiger partial charge in [-0.2, -0.15) is 0 Å². The van der Waals surface area contributed by atoms with Crippen LogP contribution in [0.2, 0.25) is 0 Å². The van der Waals surface area contributed by atoms with E-state index >= 15 is 0 Å². The van der Waals surface area contributed by atoms with Gasteiger partial charge in [0.1, 0.15) is 0 Å². The van der Waals surface area contributed by atoms with Gasteiger partial charge in [-0.15, -0.1) is 0 Å². The van der Waals surface area contributed by atoms with Crippen LogP contribution in [-0.4, -0.2) is 11.9 Å². The Morgan fingerprint density at radius 3 is 2.69 bits per heavy atom. The SMILES string of the molecule is CC(C)(C)CC[C@@H]1CCCC(=O)N1. The van der Waals surface area contributed by atoms with Crippen molar-refractivity contribution < 1.29 is 4.79 Å². The van der Waals surface area contributed by atoms with Crippen LogP contribution < -0.4 is 5.32 Å². The normalized spacial score (nSPS) is 24.2. The first-order valence-electron chi connectivity index (χ1n) is 5.27. The third-order valence-electron chi connectivity index (χ3n) is 2.56. The minimum absolute atomic E-state index is 0.241. The predicted octanol–water partition coefficient (Wildman–Crippen LogP) is 2.48. The Kier molecular flexibility index (Phi) is 3.34. The van der Waals surface area contributed by atoms with E-state index in [0.29, 0.717) is 11.5 Å². The highest BCUT2D eigenvalue weighted by Crippen LogP contribution is 2.23. The number of nitrogens with one attached hydrogen (secondary N) is 1. The van der Waals surface area contributed by atoms with Gasteiger partial charge in [0.15, 0.2) is 0 Å². The average Bonchev–Trinajstić information content (AvgIpc) is 2.00. The van der Waals surface area contributed by atoms with Gasteiger partial charge in [-0.3, -0.25) is 4.79 Å². The molecule has 0 saturated carbocycles. The Morgan fingerprint density at radius 1 is 1.46 bits per heavy atom.